The number of rotatable bonds is 8. The molecule has 0 aliphatic carbocycles. The van der Waals surface area contributed by atoms with Crippen LogP contribution in [-0.4, -0.2) is 71.0 Å². The molecule has 1 aliphatic rings. The van der Waals surface area contributed by atoms with Crippen molar-refractivity contribution >= 4 is 12.0 Å². The second-order valence-electron chi connectivity index (χ2n) is 5.64. The van der Waals surface area contributed by atoms with Crippen LogP contribution in [-0.2, 0) is 6.54 Å². The van der Waals surface area contributed by atoms with E-state index in [9.17, 15) is 9.18 Å². The van der Waals surface area contributed by atoms with Crippen molar-refractivity contribution in [1.29, 1.82) is 0 Å². The van der Waals surface area contributed by atoms with Crippen molar-refractivity contribution < 1.29 is 13.9 Å². The number of ether oxygens (including phenoxy) is 1. The van der Waals surface area contributed by atoms with Crippen molar-refractivity contribution in [3.63, 3.8) is 0 Å². The van der Waals surface area contributed by atoms with Gasteiger partial charge in [-0.05, 0) is 34.7 Å². The average Bonchev–Trinajstić information content (AvgIpc) is 3.23. The summed E-state index contributed by atoms with van der Waals surface area (Å²) < 4.78 is 20.1. The molecule has 1 saturated heterocycles. The lowest BCUT2D eigenvalue weighted by Gasteiger charge is -2.19. The standard InChI is InChI=1S/C15H20FN7O2/c1-21(10-11-25-13-4-2-12(16)3-5-13)14-18-19-20-23(14)9-8-22-7-6-17-15(22)24/h2-5H,6-11H2,1H3,(H,17,24). The molecule has 0 unspecified atom stereocenters. The number of benzene rings is 1. The lowest BCUT2D eigenvalue weighted by molar-refractivity contribution is 0.215. The Hall–Kier alpha value is -2.91. The topological polar surface area (TPSA) is 88.4 Å². The Bertz CT molecular complexity index is 706. The summed E-state index contributed by atoms with van der Waals surface area (Å²) in [7, 11) is 1.86. The minimum Gasteiger partial charge on any atom is -0.492 e. The van der Waals surface area contributed by atoms with E-state index in [1.54, 1.807) is 21.7 Å². The third-order valence-electron chi connectivity index (χ3n) is 3.89. The molecular formula is C15H20FN7O2. The molecule has 2 heterocycles. The molecule has 2 aromatic rings. The summed E-state index contributed by atoms with van der Waals surface area (Å²) in [5.41, 5.74) is 0. The summed E-state index contributed by atoms with van der Waals surface area (Å²) in [4.78, 5) is 15.1. The Morgan fingerprint density at radius 1 is 1.32 bits per heavy atom. The van der Waals surface area contributed by atoms with Crippen molar-refractivity contribution in [1.82, 2.24) is 30.4 Å². The molecule has 1 fully saturated rings. The Balaban J connectivity index is 1.48. The second-order valence-corrected chi connectivity index (χ2v) is 5.64. The number of carbonyl (C=O) groups is 1. The quantitative estimate of drug-likeness (QED) is 0.740. The molecule has 1 aromatic heterocycles. The molecule has 0 bridgehead atoms. The zero-order valence-electron chi connectivity index (χ0n) is 13.9. The van der Waals surface area contributed by atoms with Crippen molar-refractivity contribution in [2.45, 2.75) is 6.54 Å². The number of aromatic nitrogens is 4. The smallest absolute Gasteiger partial charge is 0.317 e. The fourth-order valence-corrected chi connectivity index (χ4v) is 2.49. The maximum Gasteiger partial charge on any atom is 0.317 e. The summed E-state index contributed by atoms with van der Waals surface area (Å²) in [6, 6.07) is 5.82. The van der Waals surface area contributed by atoms with Gasteiger partial charge >= 0.3 is 6.03 Å². The van der Waals surface area contributed by atoms with Gasteiger partial charge < -0.3 is 19.9 Å². The summed E-state index contributed by atoms with van der Waals surface area (Å²) in [6.45, 7) is 3.38. The van der Waals surface area contributed by atoms with E-state index in [0.29, 0.717) is 51.0 Å². The molecule has 0 atom stereocenters. The number of tetrazole rings is 1. The minimum absolute atomic E-state index is 0.0596. The molecule has 1 aliphatic heterocycles. The molecule has 1 aromatic carbocycles. The number of anilines is 1. The van der Waals surface area contributed by atoms with Crippen molar-refractivity contribution in [2.75, 3.05) is 44.7 Å². The van der Waals surface area contributed by atoms with Gasteiger partial charge in [-0.2, -0.15) is 0 Å². The zero-order valence-corrected chi connectivity index (χ0v) is 13.9. The van der Waals surface area contributed by atoms with Gasteiger partial charge in [-0.1, -0.05) is 5.10 Å². The van der Waals surface area contributed by atoms with Gasteiger partial charge in [0.1, 0.15) is 18.2 Å². The van der Waals surface area contributed by atoms with Crippen LogP contribution in [0.3, 0.4) is 0 Å². The number of urea groups is 1. The highest BCUT2D eigenvalue weighted by molar-refractivity contribution is 5.76. The Labute approximate surface area is 144 Å². The molecule has 3 rings (SSSR count). The number of carbonyl (C=O) groups excluding carboxylic acids is 1. The lowest BCUT2D eigenvalue weighted by Crippen LogP contribution is -2.33. The Kier molecular flexibility index (Phi) is 5.26. The second kappa shape index (κ2) is 7.77. The maximum atomic E-state index is 12.9. The molecule has 1 N–H and O–H groups in total. The van der Waals surface area contributed by atoms with Gasteiger partial charge in [-0.3, -0.25) is 0 Å². The molecular weight excluding hydrogens is 329 g/mol. The van der Waals surface area contributed by atoms with Crippen LogP contribution >= 0.6 is 0 Å². The van der Waals surface area contributed by atoms with Crippen molar-refractivity contribution in [3.05, 3.63) is 30.1 Å². The lowest BCUT2D eigenvalue weighted by atomic mass is 10.3. The van der Waals surface area contributed by atoms with E-state index in [0.717, 1.165) is 0 Å². The number of hydrogen-bond donors (Lipinski definition) is 1. The number of likely N-dealkylation sites (N-methyl/N-ethyl adjacent to an activating group) is 1. The average molecular weight is 349 g/mol. The number of hydrogen-bond acceptors (Lipinski definition) is 6. The van der Waals surface area contributed by atoms with Crippen LogP contribution in [0.5, 0.6) is 5.75 Å². The highest BCUT2D eigenvalue weighted by atomic mass is 19.1. The number of nitrogens with one attached hydrogen (secondary N) is 1. The summed E-state index contributed by atoms with van der Waals surface area (Å²) >= 11 is 0. The zero-order chi connectivity index (χ0) is 17.6. The number of halogens is 1. The molecule has 10 heteroatoms. The molecule has 2 amide bonds. The van der Waals surface area contributed by atoms with Crippen LogP contribution in [0, 0.1) is 5.82 Å². The van der Waals surface area contributed by atoms with E-state index in [1.165, 1.54) is 12.1 Å². The van der Waals surface area contributed by atoms with Gasteiger partial charge in [-0.25, -0.2) is 13.9 Å². The van der Waals surface area contributed by atoms with E-state index in [2.05, 4.69) is 20.8 Å². The van der Waals surface area contributed by atoms with Crippen LogP contribution in [0.1, 0.15) is 0 Å². The van der Waals surface area contributed by atoms with Crippen LogP contribution in [0.15, 0.2) is 24.3 Å². The summed E-state index contributed by atoms with van der Waals surface area (Å²) in [5.74, 6) is 0.909. The van der Waals surface area contributed by atoms with Gasteiger partial charge in [-0.15, -0.1) is 0 Å². The van der Waals surface area contributed by atoms with Gasteiger partial charge in [0.15, 0.2) is 0 Å². The first-order valence-corrected chi connectivity index (χ1v) is 8.02. The van der Waals surface area contributed by atoms with E-state index < -0.39 is 0 Å². The van der Waals surface area contributed by atoms with Gasteiger partial charge in [0.05, 0.1) is 13.1 Å². The molecule has 9 nitrogen and oxygen atoms in total. The molecule has 0 saturated carbocycles. The van der Waals surface area contributed by atoms with E-state index >= 15 is 0 Å². The van der Waals surface area contributed by atoms with Gasteiger partial charge in [0, 0.05) is 26.7 Å². The van der Waals surface area contributed by atoms with Crippen molar-refractivity contribution in [2.24, 2.45) is 0 Å². The summed E-state index contributed by atoms with van der Waals surface area (Å²) in [5, 5.41) is 14.5. The van der Waals surface area contributed by atoms with Crippen LogP contribution < -0.4 is 15.0 Å². The minimum atomic E-state index is -0.296. The number of nitrogens with zero attached hydrogens (tertiary/aromatic N) is 6. The third-order valence-corrected chi connectivity index (χ3v) is 3.89. The van der Waals surface area contributed by atoms with E-state index in [-0.39, 0.29) is 11.8 Å². The molecule has 25 heavy (non-hydrogen) atoms. The SMILES string of the molecule is CN(CCOc1ccc(F)cc1)c1nnnn1CCN1CCNC1=O. The predicted octanol–water partition coefficient (Wildman–Crippen LogP) is 0.353. The first-order chi connectivity index (χ1) is 12.1. The van der Waals surface area contributed by atoms with Crippen LogP contribution in [0.25, 0.3) is 0 Å². The molecule has 134 valence electrons. The summed E-state index contributed by atoms with van der Waals surface area (Å²) in [6.07, 6.45) is 0. The first-order valence-electron chi connectivity index (χ1n) is 8.02. The number of amides is 2. The Morgan fingerprint density at radius 3 is 2.84 bits per heavy atom. The van der Waals surface area contributed by atoms with Crippen molar-refractivity contribution in [3.8, 4) is 5.75 Å². The normalized spacial score (nSPS) is 13.8. The Morgan fingerprint density at radius 2 is 2.12 bits per heavy atom. The molecule has 0 radical (unpaired) electrons. The predicted molar refractivity (Wildman–Crippen MR) is 88.0 cm³/mol. The van der Waals surface area contributed by atoms with Crippen LogP contribution in [0.4, 0.5) is 15.1 Å². The fraction of sp³-hybridized carbons (Fsp3) is 0.467. The highest BCUT2D eigenvalue weighted by Crippen LogP contribution is 2.12. The highest BCUT2D eigenvalue weighted by Gasteiger charge is 2.20. The monoisotopic (exact) mass is 349 g/mol. The fourth-order valence-electron chi connectivity index (χ4n) is 2.49. The van der Waals surface area contributed by atoms with Gasteiger partial charge in [0.25, 0.3) is 0 Å². The van der Waals surface area contributed by atoms with Crippen LogP contribution in [0.2, 0.25) is 0 Å². The first kappa shape index (κ1) is 16.9. The van der Waals surface area contributed by atoms with E-state index in [1.807, 2.05) is 11.9 Å². The molecule has 0 spiro atoms. The largest absolute Gasteiger partial charge is 0.492 e. The van der Waals surface area contributed by atoms with Gasteiger partial charge in [0.2, 0.25) is 5.95 Å². The maximum absolute atomic E-state index is 12.9. The van der Waals surface area contributed by atoms with E-state index in [4.69, 9.17) is 4.74 Å². The third kappa shape index (κ3) is 4.34.